The minimum Gasteiger partial charge on any atom is -0.489 e. The molecule has 1 saturated carbocycles. The molecule has 2 N–H and O–H groups in total. The molecule has 1 fully saturated rings. The monoisotopic (exact) mass is 347 g/mol. The van der Waals surface area contributed by atoms with Gasteiger partial charge in [0, 0.05) is 18.4 Å². The van der Waals surface area contributed by atoms with E-state index in [1.807, 2.05) is 12.1 Å². The van der Waals surface area contributed by atoms with Crippen molar-refractivity contribution in [1.82, 2.24) is 0 Å². The van der Waals surface area contributed by atoms with Crippen molar-refractivity contribution in [2.24, 2.45) is 0 Å². The van der Waals surface area contributed by atoms with Crippen LogP contribution in [0.15, 0.2) is 22.7 Å². The zero-order valence-electron chi connectivity index (χ0n) is 10.8. The fourth-order valence-corrected chi connectivity index (χ4v) is 3.91. The first-order valence-electron chi connectivity index (χ1n) is 6.27. The summed E-state index contributed by atoms with van der Waals surface area (Å²) in [6, 6.07) is 5.45. The van der Waals surface area contributed by atoms with Gasteiger partial charge >= 0.3 is 0 Å². The lowest BCUT2D eigenvalue weighted by Gasteiger charge is -2.29. The zero-order chi connectivity index (χ0) is 14.0. The van der Waals surface area contributed by atoms with Gasteiger partial charge in [-0.05, 0) is 47.3 Å². The quantitative estimate of drug-likeness (QED) is 0.853. The summed E-state index contributed by atoms with van der Waals surface area (Å²) in [4.78, 5) is 0. The minimum absolute atomic E-state index is 0.0634. The summed E-state index contributed by atoms with van der Waals surface area (Å²) in [5.74, 6) is 0.680. The van der Waals surface area contributed by atoms with Crippen LogP contribution in [0.5, 0.6) is 5.75 Å². The predicted molar refractivity (Wildman–Crippen MR) is 80.1 cm³/mol. The maximum Gasteiger partial charge on any atom is 0.150 e. The second kappa shape index (κ2) is 5.71. The highest BCUT2D eigenvalue weighted by atomic mass is 79.9. The Bertz CT molecular complexity index is 559. The van der Waals surface area contributed by atoms with E-state index < -0.39 is 9.84 Å². The largest absolute Gasteiger partial charge is 0.489 e. The van der Waals surface area contributed by atoms with Gasteiger partial charge in [0.05, 0.1) is 9.72 Å². The van der Waals surface area contributed by atoms with E-state index in [-0.39, 0.29) is 11.4 Å². The fourth-order valence-electron chi connectivity index (χ4n) is 2.40. The molecule has 0 saturated heterocycles. The normalized spacial score (nSPS) is 24.1. The number of rotatable bonds is 3. The van der Waals surface area contributed by atoms with Gasteiger partial charge in [0.25, 0.3) is 0 Å². The zero-order valence-corrected chi connectivity index (χ0v) is 13.2. The molecule has 0 aliphatic heterocycles. The SMILES string of the molecule is CS(=O)(=O)C1CCCC(Oc2cccc(N)c2Br)C1. The number of benzene rings is 1. The van der Waals surface area contributed by atoms with E-state index >= 15 is 0 Å². The average Bonchev–Trinajstić information content (AvgIpc) is 2.34. The number of ether oxygens (including phenoxy) is 1. The molecular formula is C13H18BrNO3S. The number of hydrogen-bond donors (Lipinski definition) is 1. The van der Waals surface area contributed by atoms with E-state index in [1.165, 1.54) is 6.26 Å². The van der Waals surface area contributed by atoms with Gasteiger partial charge in [-0.25, -0.2) is 8.42 Å². The Morgan fingerprint density at radius 3 is 2.79 bits per heavy atom. The first-order valence-corrected chi connectivity index (χ1v) is 9.02. The van der Waals surface area contributed by atoms with Crippen LogP contribution in [0, 0.1) is 0 Å². The maximum absolute atomic E-state index is 11.6. The van der Waals surface area contributed by atoms with Gasteiger partial charge in [0.1, 0.15) is 21.7 Å². The summed E-state index contributed by atoms with van der Waals surface area (Å²) in [6.07, 6.45) is 4.29. The van der Waals surface area contributed by atoms with Crippen molar-refractivity contribution in [3.63, 3.8) is 0 Å². The number of nitrogen functional groups attached to an aromatic ring is 1. The van der Waals surface area contributed by atoms with Crippen LogP contribution in [0.3, 0.4) is 0 Å². The van der Waals surface area contributed by atoms with E-state index in [9.17, 15) is 8.42 Å². The van der Waals surface area contributed by atoms with E-state index in [0.29, 0.717) is 17.9 Å². The third-order valence-electron chi connectivity index (χ3n) is 3.47. The fraction of sp³-hybridized carbons (Fsp3) is 0.538. The average molecular weight is 348 g/mol. The molecule has 19 heavy (non-hydrogen) atoms. The van der Waals surface area contributed by atoms with Crippen molar-refractivity contribution in [1.29, 1.82) is 0 Å². The maximum atomic E-state index is 11.6. The molecule has 1 aromatic rings. The van der Waals surface area contributed by atoms with Gasteiger partial charge in [-0.2, -0.15) is 0 Å². The lowest BCUT2D eigenvalue weighted by molar-refractivity contribution is 0.155. The molecule has 1 aromatic carbocycles. The van der Waals surface area contributed by atoms with Gasteiger partial charge in [-0.3, -0.25) is 0 Å². The first-order chi connectivity index (χ1) is 8.88. The minimum atomic E-state index is -2.99. The van der Waals surface area contributed by atoms with Crippen LogP contribution >= 0.6 is 15.9 Å². The Morgan fingerprint density at radius 2 is 2.11 bits per heavy atom. The van der Waals surface area contributed by atoms with Crippen LogP contribution in [0.25, 0.3) is 0 Å². The Labute approximate surface area is 122 Å². The number of anilines is 1. The van der Waals surface area contributed by atoms with Gasteiger partial charge in [0.2, 0.25) is 0 Å². The Balaban J connectivity index is 2.09. The van der Waals surface area contributed by atoms with Crippen LogP contribution in [0.2, 0.25) is 0 Å². The molecule has 2 rings (SSSR count). The molecule has 0 aromatic heterocycles. The number of nitrogens with two attached hydrogens (primary N) is 1. The molecule has 6 heteroatoms. The Kier molecular flexibility index (Phi) is 4.40. The molecule has 0 radical (unpaired) electrons. The molecule has 0 spiro atoms. The highest BCUT2D eigenvalue weighted by Gasteiger charge is 2.30. The Morgan fingerprint density at radius 1 is 1.37 bits per heavy atom. The third-order valence-corrected chi connectivity index (χ3v) is 5.96. The number of sulfone groups is 1. The van der Waals surface area contributed by atoms with Crippen molar-refractivity contribution in [3.8, 4) is 5.75 Å². The van der Waals surface area contributed by atoms with Crippen LogP contribution in [0.1, 0.15) is 25.7 Å². The molecule has 1 aliphatic rings. The van der Waals surface area contributed by atoms with Gasteiger partial charge in [-0.1, -0.05) is 6.07 Å². The van der Waals surface area contributed by atoms with E-state index in [0.717, 1.165) is 23.7 Å². The van der Waals surface area contributed by atoms with Crippen LogP contribution < -0.4 is 10.5 Å². The summed E-state index contributed by atoms with van der Waals surface area (Å²) < 4.78 is 29.9. The van der Waals surface area contributed by atoms with Crippen molar-refractivity contribution < 1.29 is 13.2 Å². The second-order valence-corrected chi connectivity index (χ2v) is 8.14. The molecular weight excluding hydrogens is 330 g/mol. The third kappa shape index (κ3) is 3.63. The molecule has 4 nitrogen and oxygen atoms in total. The smallest absolute Gasteiger partial charge is 0.150 e. The summed E-state index contributed by atoms with van der Waals surface area (Å²) in [5, 5.41) is -0.286. The molecule has 2 atom stereocenters. The van der Waals surface area contributed by atoms with Crippen molar-refractivity contribution in [2.45, 2.75) is 37.0 Å². The number of halogens is 1. The van der Waals surface area contributed by atoms with E-state index in [1.54, 1.807) is 6.07 Å². The molecule has 0 bridgehead atoms. The van der Waals surface area contributed by atoms with Crippen molar-refractivity contribution >= 4 is 31.5 Å². The standard InChI is InChI=1S/C13H18BrNO3S/c1-19(16,17)10-5-2-4-9(8-10)18-12-7-3-6-11(15)13(12)14/h3,6-7,9-10H,2,4-5,8,15H2,1H3. The lowest BCUT2D eigenvalue weighted by atomic mass is 9.97. The molecule has 0 heterocycles. The van der Waals surface area contributed by atoms with E-state index in [2.05, 4.69) is 15.9 Å². The summed E-state index contributed by atoms with van der Waals surface area (Å²) in [6.45, 7) is 0. The summed E-state index contributed by atoms with van der Waals surface area (Å²) in [7, 11) is -2.99. The highest BCUT2D eigenvalue weighted by Crippen LogP contribution is 2.34. The summed E-state index contributed by atoms with van der Waals surface area (Å²) >= 11 is 3.39. The van der Waals surface area contributed by atoms with Gasteiger partial charge in [-0.15, -0.1) is 0 Å². The van der Waals surface area contributed by atoms with Crippen LogP contribution in [0.4, 0.5) is 5.69 Å². The Hall–Kier alpha value is -0.750. The topological polar surface area (TPSA) is 69.4 Å². The van der Waals surface area contributed by atoms with Gasteiger partial charge < -0.3 is 10.5 Å². The predicted octanol–water partition coefficient (Wildman–Crippen LogP) is 2.77. The first kappa shape index (κ1) is 14.7. The van der Waals surface area contributed by atoms with Crippen molar-refractivity contribution in [3.05, 3.63) is 22.7 Å². The second-order valence-electron chi connectivity index (χ2n) is 5.02. The highest BCUT2D eigenvalue weighted by molar-refractivity contribution is 9.10. The molecule has 2 unspecified atom stereocenters. The molecule has 1 aliphatic carbocycles. The summed E-state index contributed by atoms with van der Waals surface area (Å²) in [5.41, 5.74) is 6.42. The van der Waals surface area contributed by atoms with Crippen LogP contribution in [-0.4, -0.2) is 26.0 Å². The number of hydrogen-bond acceptors (Lipinski definition) is 4. The lowest BCUT2D eigenvalue weighted by Crippen LogP contribution is -2.33. The van der Waals surface area contributed by atoms with Crippen LogP contribution in [-0.2, 0) is 9.84 Å². The van der Waals surface area contributed by atoms with Gasteiger partial charge in [0.15, 0.2) is 0 Å². The van der Waals surface area contributed by atoms with E-state index in [4.69, 9.17) is 10.5 Å². The molecule has 106 valence electrons. The molecule has 0 amide bonds. The van der Waals surface area contributed by atoms with Crippen molar-refractivity contribution in [2.75, 3.05) is 12.0 Å².